The molecule has 1 aromatic carbocycles. The van der Waals surface area contributed by atoms with Gasteiger partial charge in [-0.15, -0.1) is 5.54 Å². The van der Waals surface area contributed by atoms with Crippen LogP contribution in [0.2, 0.25) is 19.6 Å². The molecule has 0 saturated heterocycles. The van der Waals surface area contributed by atoms with Crippen molar-refractivity contribution in [3.8, 4) is 11.5 Å². The molecule has 1 nitrogen and oxygen atoms in total. The van der Waals surface area contributed by atoms with Crippen molar-refractivity contribution >= 4 is 8.07 Å². The molecule has 16 heavy (non-hydrogen) atoms. The van der Waals surface area contributed by atoms with Crippen molar-refractivity contribution in [2.45, 2.75) is 38.6 Å². The Morgan fingerprint density at radius 3 is 2.38 bits per heavy atom. The summed E-state index contributed by atoms with van der Waals surface area (Å²) in [4.78, 5) is 0. The van der Waals surface area contributed by atoms with E-state index in [1.807, 2.05) is 18.2 Å². The molecule has 0 heterocycles. The Kier molecular flexibility index (Phi) is 4.79. The number of hydrogen-bond acceptors (Lipinski definition) is 1. The quantitative estimate of drug-likeness (QED) is 0.627. The molecule has 1 aromatic rings. The molecule has 0 aliphatic carbocycles. The summed E-state index contributed by atoms with van der Waals surface area (Å²) in [6.07, 6.45) is 1.14. The predicted octanol–water partition coefficient (Wildman–Crippen LogP) is 2.86. The normalized spacial score (nSPS) is 12.8. The van der Waals surface area contributed by atoms with E-state index in [9.17, 15) is 5.11 Å². The first-order valence-electron chi connectivity index (χ1n) is 5.72. The van der Waals surface area contributed by atoms with Crippen molar-refractivity contribution in [3.63, 3.8) is 0 Å². The average Bonchev–Trinajstić information content (AvgIpc) is 2.24. The third-order valence-corrected chi connectivity index (χ3v) is 3.06. The number of aryl methyl sites for hydroxylation is 1. The Labute approximate surface area is 99.5 Å². The standard InChI is InChI=1S/C14H20OSi/c1-16(2,3)12-11-14(15)10-9-13-7-5-4-6-8-13/h4-8,14-15H,9-10H2,1-3H3/t14-/m1/s1. The highest BCUT2D eigenvalue weighted by atomic mass is 28.3. The van der Waals surface area contributed by atoms with Gasteiger partial charge in [0.15, 0.2) is 0 Å². The summed E-state index contributed by atoms with van der Waals surface area (Å²) in [5.74, 6) is 2.96. The van der Waals surface area contributed by atoms with Crippen LogP contribution in [0.15, 0.2) is 30.3 Å². The third-order valence-electron chi connectivity index (χ3n) is 2.16. The van der Waals surface area contributed by atoms with Gasteiger partial charge in [0.05, 0.1) is 0 Å². The Morgan fingerprint density at radius 2 is 1.81 bits per heavy atom. The highest BCUT2D eigenvalue weighted by molar-refractivity contribution is 6.83. The number of rotatable bonds is 3. The fourth-order valence-electron chi connectivity index (χ4n) is 1.32. The zero-order valence-electron chi connectivity index (χ0n) is 10.3. The molecule has 0 bridgehead atoms. The summed E-state index contributed by atoms with van der Waals surface area (Å²) in [5, 5.41) is 9.72. The van der Waals surface area contributed by atoms with Gasteiger partial charge in [0.1, 0.15) is 14.2 Å². The van der Waals surface area contributed by atoms with Crippen LogP contribution in [0.1, 0.15) is 12.0 Å². The number of aliphatic hydroxyl groups excluding tert-OH is 1. The first-order valence-corrected chi connectivity index (χ1v) is 9.22. The molecule has 0 aromatic heterocycles. The number of aliphatic hydroxyl groups is 1. The molecule has 1 rings (SSSR count). The molecule has 0 aliphatic rings. The summed E-state index contributed by atoms with van der Waals surface area (Å²) in [6, 6.07) is 10.2. The molecule has 0 amide bonds. The van der Waals surface area contributed by atoms with E-state index in [0.29, 0.717) is 0 Å². The van der Waals surface area contributed by atoms with Gasteiger partial charge in [0.2, 0.25) is 0 Å². The number of hydrogen-bond donors (Lipinski definition) is 1. The van der Waals surface area contributed by atoms with Crippen LogP contribution < -0.4 is 0 Å². The fourth-order valence-corrected chi connectivity index (χ4v) is 1.92. The first-order chi connectivity index (χ1) is 7.47. The van der Waals surface area contributed by atoms with Crippen molar-refractivity contribution in [2.24, 2.45) is 0 Å². The van der Waals surface area contributed by atoms with Gasteiger partial charge >= 0.3 is 0 Å². The van der Waals surface area contributed by atoms with E-state index >= 15 is 0 Å². The lowest BCUT2D eigenvalue weighted by atomic mass is 10.1. The molecule has 0 fully saturated rings. The summed E-state index contributed by atoms with van der Waals surface area (Å²) >= 11 is 0. The predicted molar refractivity (Wildman–Crippen MR) is 71.9 cm³/mol. The lowest BCUT2D eigenvalue weighted by Gasteiger charge is -2.07. The molecule has 1 atom stereocenters. The lowest BCUT2D eigenvalue weighted by molar-refractivity contribution is 0.222. The second-order valence-electron chi connectivity index (χ2n) is 5.06. The molecule has 0 spiro atoms. The van der Waals surface area contributed by atoms with Gasteiger partial charge in [-0.2, -0.15) is 0 Å². The van der Waals surface area contributed by atoms with Crippen molar-refractivity contribution in [1.82, 2.24) is 0 Å². The van der Waals surface area contributed by atoms with E-state index in [-0.39, 0.29) is 0 Å². The van der Waals surface area contributed by atoms with Crippen LogP contribution in [-0.2, 0) is 6.42 Å². The van der Waals surface area contributed by atoms with Gasteiger partial charge in [-0.25, -0.2) is 0 Å². The van der Waals surface area contributed by atoms with Crippen molar-refractivity contribution < 1.29 is 5.11 Å². The minimum Gasteiger partial charge on any atom is -0.380 e. The molecular formula is C14H20OSi. The molecule has 0 saturated carbocycles. The molecular weight excluding hydrogens is 212 g/mol. The van der Waals surface area contributed by atoms with Crippen LogP contribution in [0.3, 0.4) is 0 Å². The van der Waals surface area contributed by atoms with Gasteiger partial charge < -0.3 is 5.11 Å². The Bertz CT molecular complexity index is 367. The van der Waals surface area contributed by atoms with Crippen molar-refractivity contribution in [1.29, 1.82) is 0 Å². The maximum Gasteiger partial charge on any atom is 0.129 e. The fraction of sp³-hybridized carbons (Fsp3) is 0.429. The molecule has 0 unspecified atom stereocenters. The average molecular weight is 232 g/mol. The van der Waals surface area contributed by atoms with E-state index in [1.54, 1.807) is 0 Å². The topological polar surface area (TPSA) is 20.2 Å². The summed E-state index contributed by atoms with van der Waals surface area (Å²) in [5.41, 5.74) is 4.46. The zero-order chi connectivity index (χ0) is 12.0. The summed E-state index contributed by atoms with van der Waals surface area (Å²) in [7, 11) is -1.35. The molecule has 2 heteroatoms. The van der Waals surface area contributed by atoms with Crippen LogP contribution in [0.5, 0.6) is 0 Å². The molecule has 86 valence electrons. The molecule has 0 radical (unpaired) electrons. The Hall–Kier alpha value is -1.04. The van der Waals surface area contributed by atoms with E-state index in [4.69, 9.17) is 0 Å². The van der Waals surface area contributed by atoms with Crippen LogP contribution in [0.25, 0.3) is 0 Å². The maximum absolute atomic E-state index is 9.72. The number of benzene rings is 1. The van der Waals surface area contributed by atoms with Gasteiger partial charge in [-0.05, 0) is 18.4 Å². The second kappa shape index (κ2) is 5.88. The second-order valence-corrected chi connectivity index (χ2v) is 9.81. The minimum absolute atomic E-state index is 0.480. The smallest absolute Gasteiger partial charge is 0.129 e. The van der Waals surface area contributed by atoms with Crippen molar-refractivity contribution in [3.05, 3.63) is 35.9 Å². The van der Waals surface area contributed by atoms with Crippen LogP contribution in [0.4, 0.5) is 0 Å². The largest absolute Gasteiger partial charge is 0.380 e. The molecule has 0 aliphatic heterocycles. The Morgan fingerprint density at radius 1 is 1.19 bits per heavy atom. The Balaban J connectivity index is 2.41. The monoisotopic (exact) mass is 232 g/mol. The van der Waals surface area contributed by atoms with Crippen molar-refractivity contribution in [2.75, 3.05) is 0 Å². The van der Waals surface area contributed by atoms with Gasteiger partial charge in [-0.1, -0.05) is 55.9 Å². The highest BCUT2D eigenvalue weighted by Gasteiger charge is 2.08. The first kappa shape index (κ1) is 13.0. The SMILES string of the molecule is C[Si](C)(C)C#C[C@H](O)CCc1ccccc1. The molecule has 1 N–H and O–H groups in total. The van der Waals surface area contributed by atoms with Gasteiger partial charge in [0, 0.05) is 0 Å². The van der Waals surface area contributed by atoms with Crippen LogP contribution in [-0.4, -0.2) is 19.3 Å². The lowest BCUT2D eigenvalue weighted by Crippen LogP contribution is -2.18. The van der Waals surface area contributed by atoms with Gasteiger partial charge in [-0.3, -0.25) is 0 Å². The van der Waals surface area contributed by atoms with E-state index in [2.05, 4.69) is 43.2 Å². The van der Waals surface area contributed by atoms with Crippen LogP contribution >= 0.6 is 0 Å². The van der Waals surface area contributed by atoms with E-state index < -0.39 is 14.2 Å². The highest BCUT2D eigenvalue weighted by Crippen LogP contribution is 2.05. The third kappa shape index (κ3) is 5.74. The summed E-state index contributed by atoms with van der Waals surface area (Å²) < 4.78 is 0. The maximum atomic E-state index is 9.72. The minimum atomic E-state index is -1.35. The van der Waals surface area contributed by atoms with E-state index in [1.165, 1.54) is 5.56 Å². The van der Waals surface area contributed by atoms with Gasteiger partial charge in [0.25, 0.3) is 0 Å². The zero-order valence-corrected chi connectivity index (χ0v) is 11.3. The van der Waals surface area contributed by atoms with E-state index in [0.717, 1.165) is 12.8 Å². The summed E-state index contributed by atoms with van der Waals surface area (Å²) in [6.45, 7) is 6.55. The van der Waals surface area contributed by atoms with Crippen LogP contribution in [0, 0.1) is 11.5 Å².